The molecule has 0 bridgehead atoms. The van der Waals surface area contributed by atoms with Crippen molar-refractivity contribution >= 4 is 0 Å². The van der Waals surface area contributed by atoms with Crippen molar-refractivity contribution in [2.24, 2.45) is 11.3 Å². The molecule has 0 aliphatic heterocycles. The molecule has 0 aromatic heterocycles. The first-order valence-corrected chi connectivity index (χ1v) is 4.39. The Morgan fingerprint density at radius 3 is 2.55 bits per heavy atom. The van der Waals surface area contributed by atoms with Gasteiger partial charge in [0, 0.05) is 6.61 Å². The van der Waals surface area contributed by atoms with Crippen LogP contribution in [-0.2, 0) is 0 Å². The molecular formula is C9H18O2. The minimum Gasteiger partial charge on any atom is -0.396 e. The number of hydrogen-bond donors (Lipinski definition) is 2. The van der Waals surface area contributed by atoms with Crippen molar-refractivity contribution < 1.29 is 10.2 Å². The Balaban J connectivity index is 2.45. The highest BCUT2D eigenvalue weighted by atomic mass is 16.3. The molecule has 1 rings (SSSR count). The first kappa shape index (κ1) is 9.01. The van der Waals surface area contributed by atoms with E-state index in [-0.39, 0.29) is 18.1 Å². The molecule has 0 unspecified atom stereocenters. The van der Waals surface area contributed by atoms with Crippen molar-refractivity contribution in [1.29, 1.82) is 0 Å². The third kappa shape index (κ3) is 1.57. The summed E-state index contributed by atoms with van der Waals surface area (Å²) in [6, 6.07) is 0. The predicted molar refractivity (Wildman–Crippen MR) is 44.2 cm³/mol. The molecule has 0 heterocycles. The second kappa shape index (κ2) is 3.11. The van der Waals surface area contributed by atoms with E-state index in [9.17, 15) is 5.11 Å². The van der Waals surface area contributed by atoms with Gasteiger partial charge in [-0.1, -0.05) is 6.92 Å². The topological polar surface area (TPSA) is 40.5 Å². The molecule has 0 spiro atoms. The zero-order valence-corrected chi connectivity index (χ0v) is 7.38. The Hall–Kier alpha value is -0.0800. The molecule has 2 nitrogen and oxygen atoms in total. The largest absolute Gasteiger partial charge is 0.396 e. The van der Waals surface area contributed by atoms with Crippen LogP contribution < -0.4 is 0 Å². The molecule has 0 aromatic carbocycles. The third-order valence-electron chi connectivity index (χ3n) is 3.19. The highest BCUT2D eigenvalue weighted by molar-refractivity contribution is 4.94. The van der Waals surface area contributed by atoms with Crippen molar-refractivity contribution in [3.05, 3.63) is 0 Å². The maximum Gasteiger partial charge on any atom is 0.0545 e. The molecule has 1 saturated carbocycles. The first-order valence-electron chi connectivity index (χ1n) is 4.39. The number of rotatable bonds is 3. The molecule has 0 amide bonds. The maximum atomic E-state index is 9.35. The normalized spacial score (nSPS) is 39.8. The Labute approximate surface area is 68.2 Å². The fraction of sp³-hybridized carbons (Fsp3) is 1.00. The number of hydrogen-bond acceptors (Lipinski definition) is 2. The lowest BCUT2D eigenvalue weighted by molar-refractivity contribution is -0.0548. The van der Waals surface area contributed by atoms with E-state index in [4.69, 9.17) is 5.11 Å². The molecule has 2 N–H and O–H groups in total. The van der Waals surface area contributed by atoms with E-state index in [1.807, 2.05) is 6.92 Å². The SMILES string of the molecule is C[C@@H](O)[C@H]1CC[C@@]1(C)CCO. The molecule has 11 heavy (non-hydrogen) atoms. The van der Waals surface area contributed by atoms with Crippen LogP contribution in [0.1, 0.15) is 33.1 Å². The molecule has 0 radical (unpaired) electrons. The molecule has 1 aliphatic rings. The fourth-order valence-electron chi connectivity index (χ4n) is 2.19. The van der Waals surface area contributed by atoms with Gasteiger partial charge in [0.1, 0.15) is 0 Å². The summed E-state index contributed by atoms with van der Waals surface area (Å²) in [5, 5.41) is 18.1. The van der Waals surface area contributed by atoms with Gasteiger partial charge in [-0.15, -0.1) is 0 Å². The van der Waals surface area contributed by atoms with Crippen LogP contribution >= 0.6 is 0 Å². The van der Waals surface area contributed by atoms with Crippen LogP contribution in [0.2, 0.25) is 0 Å². The lowest BCUT2D eigenvalue weighted by Crippen LogP contribution is -2.44. The average molecular weight is 158 g/mol. The molecule has 0 saturated heterocycles. The summed E-state index contributed by atoms with van der Waals surface area (Å²) in [6.45, 7) is 4.25. The van der Waals surface area contributed by atoms with E-state index in [0.717, 1.165) is 19.3 Å². The molecule has 1 aliphatic carbocycles. The summed E-state index contributed by atoms with van der Waals surface area (Å²) in [7, 11) is 0. The van der Waals surface area contributed by atoms with Crippen molar-refractivity contribution in [2.45, 2.75) is 39.2 Å². The van der Waals surface area contributed by atoms with E-state index in [2.05, 4.69) is 6.92 Å². The minimum absolute atomic E-state index is 0.208. The van der Waals surface area contributed by atoms with E-state index < -0.39 is 0 Å². The van der Waals surface area contributed by atoms with Crippen molar-refractivity contribution in [2.75, 3.05) is 6.61 Å². The Kier molecular flexibility index (Phi) is 2.55. The highest BCUT2D eigenvalue weighted by Crippen LogP contribution is 2.50. The van der Waals surface area contributed by atoms with Crippen molar-refractivity contribution in [1.82, 2.24) is 0 Å². The van der Waals surface area contributed by atoms with Gasteiger partial charge in [-0.3, -0.25) is 0 Å². The molecule has 2 heteroatoms. The maximum absolute atomic E-state index is 9.35. The van der Waals surface area contributed by atoms with Gasteiger partial charge in [-0.25, -0.2) is 0 Å². The standard InChI is InChI=1S/C9H18O2/c1-7(11)8-3-4-9(8,2)5-6-10/h7-8,10-11H,3-6H2,1-2H3/t7-,8-,9+/m1/s1. The summed E-state index contributed by atoms with van der Waals surface area (Å²) in [5.41, 5.74) is 0.211. The zero-order valence-electron chi connectivity index (χ0n) is 7.38. The van der Waals surface area contributed by atoms with E-state index in [0.29, 0.717) is 5.92 Å². The molecule has 0 aromatic rings. The van der Waals surface area contributed by atoms with Crippen molar-refractivity contribution in [3.8, 4) is 0 Å². The van der Waals surface area contributed by atoms with Crippen LogP contribution in [0.5, 0.6) is 0 Å². The number of aliphatic hydroxyl groups is 2. The Bertz CT molecular complexity index is 134. The van der Waals surface area contributed by atoms with Gasteiger partial charge in [0.2, 0.25) is 0 Å². The molecule has 1 fully saturated rings. The highest BCUT2D eigenvalue weighted by Gasteiger charge is 2.44. The monoisotopic (exact) mass is 158 g/mol. The van der Waals surface area contributed by atoms with Gasteiger partial charge in [0.15, 0.2) is 0 Å². The second-order valence-electron chi connectivity index (χ2n) is 4.01. The predicted octanol–water partition coefficient (Wildman–Crippen LogP) is 1.17. The van der Waals surface area contributed by atoms with Gasteiger partial charge >= 0.3 is 0 Å². The summed E-state index contributed by atoms with van der Waals surface area (Å²) in [4.78, 5) is 0. The van der Waals surface area contributed by atoms with Crippen molar-refractivity contribution in [3.63, 3.8) is 0 Å². The van der Waals surface area contributed by atoms with Crippen LogP contribution in [0.15, 0.2) is 0 Å². The summed E-state index contributed by atoms with van der Waals surface area (Å²) in [6.07, 6.45) is 2.90. The van der Waals surface area contributed by atoms with Gasteiger partial charge in [-0.05, 0) is 37.5 Å². The minimum atomic E-state index is -0.208. The average Bonchev–Trinajstić information content (AvgIpc) is 1.85. The van der Waals surface area contributed by atoms with E-state index in [1.165, 1.54) is 0 Å². The number of aliphatic hydroxyl groups excluding tert-OH is 2. The third-order valence-corrected chi connectivity index (χ3v) is 3.19. The summed E-state index contributed by atoms with van der Waals surface area (Å²) in [5.74, 6) is 0.412. The van der Waals surface area contributed by atoms with Crippen LogP contribution in [0, 0.1) is 11.3 Å². The summed E-state index contributed by atoms with van der Waals surface area (Å²) < 4.78 is 0. The van der Waals surface area contributed by atoms with Crippen LogP contribution in [-0.4, -0.2) is 22.9 Å². The first-order chi connectivity index (χ1) is 5.10. The fourth-order valence-corrected chi connectivity index (χ4v) is 2.19. The Morgan fingerprint density at radius 2 is 2.27 bits per heavy atom. The van der Waals surface area contributed by atoms with E-state index in [1.54, 1.807) is 0 Å². The van der Waals surface area contributed by atoms with Crippen LogP contribution in [0.4, 0.5) is 0 Å². The van der Waals surface area contributed by atoms with Gasteiger partial charge < -0.3 is 10.2 Å². The van der Waals surface area contributed by atoms with Gasteiger partial charge in [-0.2, -0.15) is 0 Å². The lowest BCUT2D eigenvalue weighted by atomic mass is 9.58. The Morgan fingerprint density at radius 1 is 1.64 bits per heavy atom. The lowest BCUT2D eigenvalue weighted by Gasteiger charge is -2.48. The second-order valence-corrected chi connectivity index (χ2v) is 4.01. The molecule has 66 valence electrons. The molecular weight excluding hydrogens is 140 g/mol. The molecule has 3 atom stereocenters. The quantitative estimate of drug-likeness (QED) is 0.647. The smallest absolute Gasteiger partial charge is 0.0545 e. The van der Waals surface area contributed by atoms with Gasteiger partial charge in [0.25, 0.3) is 0 Å². The van der Waals surface area contributed by atoms with Crippen LogP contribution in [0.25, 0.3) is 0 Å². The van der Waals surface area contributed by atoms with E-state index >= 15 is 0 Å². The summed E-state index contributed by atoms with van der Waals surface area (Å²) >= 11 is 0. The van der Waals surface area contributed by atoms with Gasteiger partial charge in [0.05, 0.1) is 6.10 Å². The zero-order chi connectivity index (χ0) is 8.48. The van der Waals surface area contributed by atoms with Crippen LogP contribution in [0.3, 0.4) is 0 Å².